The van der Waals surface area contributed by atoms with Crippen molar-refractivity contribution in [3.63, 3.8) is 0 Å². The first-order valence-electron chi connectivity index (χ1n) is 5.63. The zero-order chi connectivity index (χ0) is 11.5. The highest BCUT2D eigenvalue weighted by molar-refractivity contribution is 9.10. The van der Waals surface area contributed by atoms with Gasteiger partial charge in [0.05, 0.1) is 16.3 Å². The van der Waals surface area contributed by atoms with Crippen LogP contribution in [0.25, 0.3) is 0 Å². The molecule has 1 aliphatic heterocycles. The molecule has 1 aliphatic rings. The van der Waals surface area contributed by atoms with E-state index < -0.39 is 0 Å². The molecule has 2 N–H and O–H groups in total. The Hall–Kier alpha value is -0.680. The van der Waals surface area contributed by atoms with Crippen LogP contribution in [-0.4, -0.2) is 22.7 Å². The minimum atomic E-state index is 0.269. The summed E-state index contributed by atoms with van der Waals surface area (Å²) in [6.45, 7) is 2.92. The average molecular weight is 286 g/mol. The van der Waals surface area contributed by atoms with Crippen LogP contribution in [0.3, 0.4) is 0 Å². The van der Waals surface area contributed by atoms with E-state index in [0.717, 1.165) is 48.3 Å². The lowest BCUT2D eigenvalue weighted by atomic mass is 10.1. The summed E-state index contributed by atoms with van der Waals surface area (Å²) in [6.07, 6.45) is 4.12. The van der Waals surface area contributed by atoms with Crippen molar-refractivity contribution in [2.75, 3.05) is 12.3 Å². The summed E-state index contributed by atoms with van der Waals surface area (Å²) in [4.78, 5) is 8.78. The molecule has 4 nitrogen and oxygen atoms in total. The number of aryl methyl sites for hydroxylation is 1. The normalized spacial score (nSPS) is 20.2. The van der Waals surface area contributed by atoms with Crippen molar-refractivity contribution in [3.8, 4) is 0 Å². The van der Waals surface area contributed by atoms with Gasteiger partial charge < -0.3 is 10.5 Å². The van der Waals surface area contributed by atoms with Crippen LogP contribution < -0.4 is 5.73 Å². The van der Waals surface area contributed by atoms with Crippen molar-refractivity contribution in [2.45, 2.75) is 38.7 Å². The molecule has 2 heterocycles. The van der Waals surface area contributed by atoms with Crippen LogP contribution in [0.15, 0.2) is 4.47 Å². The number of hydrogen-bond donors (Lipinski definition) is 1. The molecule has 0 saturated carbocycles. The molecule has 1 saturated heterocycles. The Balaban J connectivity index is 2.17. The summed E-state index contributed by atoms with van der Waals surface area (Å²) in [5.41, 5.74) is 6.81. The van der Waals surface area contributed by atoms with E-state index in [-0.39, 0.29) is 6.10 Å². The molecule has 1 aromatic rings. The van der Waals surface area contributed by atoms with E-state index in [1.165, 1.54) is 0 Å². The van der Waals surface area contributed by atoms with Crippen LogP contribution in [0.5, 0.6) is 0 Å². The van der Waals surface area contributed by atoms with Gasteiger partial charge in [-0.05, 0) is 35.2 Å². The minimum Gasteiger partial charge on any atom is -0.383 e. The van der Waals surface area contributed by atoms with Crippen LogP contribution in [0, 0.1) is 0 Å². The van der Waals surface area contributed by atoms with Crippen molar-refractivity contribution in [2.24, 2.45) is 0 Å². The number of aromatic nitrogens is 2. The van der Waals surface area contributed by atoms with Crippen LogP contribution in [0.4, 0.5) is 5.82 Å². The quantitative estimate of drug-likeness (QED) is 0.924. The third-order valence-electron chi connectivity index (χ3n) is 2.76. The molecule has 1 aromatic heterocycles. The second-order valence-corrected chi connectivity index (χ2v) is 4.77. The summed E-state index contributed by atoms with van der Waals surface area (Å²) < 4.78 is 6.39. The Morgan fingerprint density at radius 3 is 2.94 bits per heavy atom. The predicted octanol–water partition coefficient (Wildman–Crippen LogP) is 2.11. The van der Waals surface area contributed by atoms with E-state index >= 15 is 0 Å². The Labute approximate surface area is 104 Å². The number of anilines is 1. The van der Waals surface area contributed by atoms with Gasteiger partial charge in [-0.25, -0.2) is 9.97 Å². The van der Waals surface area contributed by atoms with Crippen molar-refractivity contribution in [3.05, 3.63) is 16.0 Å². The first kappa shape index (κ1) is 11.8. The molecule has 1 atom stereocenters. The highest BCUT2D eigenvalue weighted by Crippen LogP contribution is 2.23. The maximum absolute atomic E-state index is 5.83. The first-order valence-corrected chi connectivity index (χ1v) is 6.42. The number of ether oxygens (including phenoxy) is 1. The van der Waals surface area contributed by atoms with Gasteiger partial charge in [0.25, 0.3) is 0 Å². The van der Waals surface area contributed by atoms with Crippen LogP contribution in [0.1, 0.15) is 31.3 Å². The van der Waals surface area contributed by atoms with Gasteiger partial charge in [-0.2, -0.15) is 0 Å². The maximum Gasteiger partial charge on any atom is 0.141 e. The Morgan fingerprint density at radius 1 is 1.50 bits per heavy atom. The average Bonchev–Trinajstić information content (AvgIpc) is 2.76. The molecule has 0 radical (unpaired) electrons. The lowest BCUT2D eigenvalue weighted by molar-refractivity contribution is 0.110. The molecule has 0 bridgehead atoms. The lowest BCUT2D eigenvalue weighted by Crippen LogP contribution is -2.14. The van der Waals surface area contributed by atoms with E-state index in [0.29, 0.717) is 5.82 Å². The third-order valence-corrected chi connectivity index (χ3v) is 3.62. The number of rotatable bonds is 3. The Morgan fingerprint density at radius 2 is 2.31 bits per heavy atom. The monoisotopic (exact) mass is 285 g/mol. The highest BCUT2D eigenvalue weighted by Gasteiger charge is 2.18. The van der Waals surface area contributed by atoms with Gasteiger partial charge in [0.2, 0.25) is 0 Å². The van der Waals surface area contributed by atoms with E-state index in [1.54, 1.807) is 0 Å². The molecule has 0 amide bonds. The topological polar surface area (TPSA) is 61.0 Å². The number of nitrogens with zero attached hydrogens (tertiary/aromatic N) is 2. The van der Waals surface area contributed by atoms with Crippen LogP contribution >= 0.6 is 15.9 Å². The molecule has 88 valence electrons. The number of nitrogens with two attached hydrogens (primary N) is 1. The Bertz CT molecular complexity index is 378. The summed E-state index contributed by atoms with van der Waals surface area (Å²) in [6, 6.07) is 0. The van der Waals surface area contributed by atoms with Gasteiger partial charge in [-0.3, -0.25) is 0 Å². The fourth-order valence-corrected chi connectivity index (χ4v) is 2.36. The van der Waals surface area contributed by atoms with Gasteiger partial charge in [0, 0.05) is 13.0 Å². The lowest BCUT2D eigenvalue weighted by Gasteiger charge is -2.10. The molecule has 16 heavy (non-hydrogen) atoms. The van der Waals surface area contributed by atoms with Crippen molar-refractivity contribution in [1.82, 2.24) is 9.97 Å². The van der Waals surface area contributed by atoms with Crippen molar-refractivity contribution >= 4 is 21.7 Å². The zero-order valence-corrected chi connectivity index (χ0v) is 11.0. The third kappa shape index (κ3) is 2.52. The first-order chi connectivity index (χ1) is 7.70. The standard InChI is InChI=1S/C11H16BrN3O/c1-2-8-10(12)11(13)15-9(14-8)6-7-4-3-5-16-7/h7H,2-6H2,1H3,(H2,13,14,15). The molecule has 0 aromatic carbocycles. The molecule has 0 spiro atoms. The summed E-state index contributed by atoms with van der Waals surface area (Å²) >= 11 is 3.41. The summed E-state index contributed by atoms with van der Waals surface area (Å²) in [7, 11) is 0. The van der Waals surface area contributed by atoms with Gasteiger partial charge >= 0.3 is 0 Å². The molecule has 1 fully saturated rings. The SMILES string of the molecule is CCc1nc(CC2CCCO2)nc(N)c1Br. The smallest absolute Gasteiger partial charge is 0.141 e. The molecule has 0 aliphatic carbocycles. The number of hydrogen-bond acceptors (Lipinski definition) is 4. The van der Waals surface area contributed by atoms with Crippen molar-refractivity contribution < 1.29 is 4.74 Å². The second kappa shape index (κ2) is 5.10. The van der Waals surface area contributed by atoms with Crippen LogP contribution in [-0.2, 0) is 17.6 Å². The zero-order valence-electron chi connectivity index (χ0n) is 9.37. The fraction of sp³-hybridized carbons (Fsp3) is 0.636. The Kier molecular flexibility index (Phi) is 3.76. The summed E-state index contributed by atoms with van der Waals surface area (Å²) in [5, 5.41) is 0. The van der Waals surface area contributed by atoms with Gasteiger partial charge in [-0.15, -0.1) is 0 Å². The van der Waals surface area contributed by atoms with E-state index in [9.17, 15) is 0 Å². The number of nitrogen functional groups attached to an aromatic ring is 1. The predicted molar refractivity (Wildman–Crippen MR) is 66.2 cm³/mol. The molecular weight excluding hydrogens is 270 g/mol. The minimum absolute atomic E-state index is 0.269. The fourth-order valence-electron chi connectivity index (χ4n) is 1.90. The highest BCUT2D eigenvalue weighted by atomic mass is 79.9. The van der Waals surface area contributed by atoms with E-state index in [4.69, 9.17) is 10.5 Å². The maximum atomic E-state index is 5.83. The van der Waals surface area contributed by atoms with Gasteiger partial charge in [-0.1, -0.05) is 6.92 Å². The molecular formula is C11H16BrN3O. The van der Waals surface area contributed by atoms with E-state index in [1.807, 2.05) is 0 Å². The molecule has 5 heteroatoms. The second-order valence-electron chi connectivity index (χ2n) is 3.98. The number of halogens is 1. The largest absolute Gasteiger partial charge is 0.383 e. The van der Waals surface area contributed by atoms with Gasteiger partial charge in [0.15, 0.2) is 0 Å². The van der Waals surface area contributed by atoms with Crippen molar-refractivity contribution in [1.29, 1.82) is 0 Å². The van der Waals surface area contributed by atoms with E-state index in [2.05, 4.69) is 32.8 Å². The van der Waals surface area contributed by atoms with Crippen LogP contribution in [0.2, 0.25) is 0 Å². The molecule has 2 rings (SSSR count). The summed E-state index contributed by atoms with van der Waals surface area (Å²) in [5.74, 6) is 1.32. The van der Waals surface area contributed by atoms with Gasteiger partial charge in [0.1, 0.15) is 11.6 Å². The molecule has 1 unspecified atom stereocenters.